The van der Waals surface area contributed by atoms with Crippen molar-refractivity contribution in [1.29, 1.82) is 0 Å². The second-order valence-corrected chi connectivity index (χ2v) is 6.70. The van der Waals surface area contributed by atoms with Crippen LogP contribution in [0.2, 0.25) is 0 Å². The van der Waals surface area contributed by atoms with E-state index in [-0.39, 0.29) is 0 Å². The molecule has 0 spiro atoms. The summed E-state index contributed by atoms with van der Waals surface area (Å²) in [6.07, 6.45) is 11.1. The van der Waals surface area contributed by atoms with Gasteiger partial charge >= 0.3 is 0 Å². The molecule has 4 nitrogen and oxygen atoms in total. The Morgan fingerprint density at radius 2 is 2.10 bits per heavy atom. The molecule has 1 aliphatic carbocycles. The van der Waals surface area contributed by atoms with Crippen LogP contribution in [0.1, 0.15) is 57.2 Å². The van der Waals surface area contributed by atoms with Gasteiger partial charge in [-0.15, -0.1) is 0 Å². The lowest BCUT2D eigenvalue weighted by atomic mass is 9.96. The molecule has 1 aromatic heterocycles. The second kappa shape index (κ2) is 8.54. The summed E-state index contributed by atoms with van der Waals surface area (Å²) in [4.78, 5) is 2.26. The van der Waals surface area contributed by atoms with Gasteiger partial charge in [0, 0.05) is 25.2 Å². The van der Waals surface area contributed by atoms with Crippen molar-refractivity contribution in [1.82, 2.24) is 20.0 Å². The van der Waals surface area contributed by atoms with Crippen LogP contribution in [0.4, 0.5) is 0 Å². The Bertz CT molecular complexity index is 393. The van der Waals surface area contributed by atoms with Crippen molar-refractivity contribution in [3.63, 3.8) is 0 Å². The van der Waals surface area contributed by atoms with E-state index in [0.717, 1.165) is 19.5 Å². The highest BCUT2D eigenvalue weighted by Crippen LogP contribution is 2.27. The van der Waals surface area contributed by atoms with Crippen LogP contribution >= 0.6 is 0 Å². The third kappa shape index (κ3) is 5.44. The molecule has 1 unspecified atom stereocenters. The maximum Gasteiger partial charge on any atom is 0.0640 e. The van der Waals surface area contributed by atoms with E-state index in [4.69, 9.17) is 5.10 Å². The molecule has 0 amide bonds. The third-order valence-electron chi connectivity index (χ3n) is 4.34. The summed E-state index contributed by atoms with van der Waals surface area (Å²) in [6.45, 7) is 4.37. The van der Waals surface area contributed by atoms with Crippen LogP contribution in [0, 0.1) is 0 Å². The molecule has 0 aliphatic heterocycles. The Balaban J connectivity index is 1.91. The predicted octanol–water partition coefficient (Wildman–Crippen LogP) is 2.86. The maximum absolute atomic E-state index is 4.85. The molecule has 1 saturated carbocycles. The first-order chi connectivity index (χ1) is 10.2. The Labute approximate surface area is 129 Å². The van der Waals surface area contributed by atoms with Crippen molar-refractivity contribution in [2.24, 2.45) is 0 Å². The molecule has 0 aromatic carbocycles. The van der Waals surface area contributed by atoms with E-state index in [1.54, 1.807) is 0 Å². The minimum atomic E-state index is 0.495. The van der Waals surface area contributed by atoms with Gasteiger partial charge in [0.15, 0.2) is 0 Å². The van der Waals surface area contributed by atoms with Crippen LogP contribution in [-0.2, 0) is 6.42 Å². The molecule has 4 heteroatoms. The van der Waals surface area contributed by atoms with Gasteiger partial charge in [-0.05, 0) is 46.0 Å². The van der Waals surface area contributed by atoms with Crippen LogP contribution in [0.15, 0.2) is 12.3 Å². The monoisotopic (exact) mass is 292 g/mol. The number of likely N-dealkylation sites (N-methyl/N-ethyl adjacent to an activating group) is 1. The SMILES string of the molecule is CCCNC(Cc1ccn(C2CCCCC2)n1)CN(C)C. The smallest absolute Gasteiger partial charge is 0.0640 e. The number of nitrogens with one attached hydrogen (secondary N) is 1. The minimum absolute atomic E-state index is 0.495. The Morgan fingerprint density at radius 3 is 2.76 bits per heavy atom. The van der Waals surface area contributed by atoms with Gasteiger partial charge in [-0.1, -0.05) is 26.2 Å². The van der Waals surface area contributed by atoms with Crippen LogP contribution in [0.3, 0.4) is 0 Å². The summed E-state index contributed by atoms with van der Waals surface area (Å²) in [5, 5.41) is 8.49. The lowest BCUT2D eigenvalue weighted by molar-refractivity contribution is 0.321. The van der Waals surface area contributed by atoms with E-state index in [1.807, 2.05) is 0 Å². The van der Waals surface area contributed by atoms with Gasteiger partial charge in [-0.2, -0.15) is 5.10 Å². The average molecular weight is 292 g/mol. The maximum atomic E-state index is 4.85. The molecule has 1 aliphatic rings. The molecular weight excluding hydrogens is 260 g/mol. The third-order valence-corrected chi connectivity index (χ3v) is 4.34. The average Bonchev–Trinajstić information content (AvgIpc) is 2.93. The summed E-state index contributed by atoms with van der Waals surface area (Å²) >= 11 is 0. The molecule has 1 fully saturated rings. The molecule has 1 heterocycles. The summed E-state index contributed by atoms with van der Waals surface area (Å²) < 4.78 is 2.22. The molecule has 21 heavy (non-hydrogen) atoms. The predicted molar refractivity (Wildman–Crippen MR) is 88.7 cm³/mol. The number of hydrogen-bond acceptors (Lipinski definition) is 3. The number of aromatic nitrogens is 2. The van der Waals surface area contributed by atoms with Gasteiger partial charge in [0.25, 0.3) is 0 Å². The second-order valence-electron chi connectivity index (χ2n) is 6.70. The molecule has 0 saturated heterocycles. The van der Waals surface area contributed by atoms with Gasteiger partial charge < -0.3 is 10.2 Å². The van der Waals surface area contributed by atoms with Crippen molar-refractivity contribution in [3.05, 3.63) is 18.0 Å². The summed E-state index contributed by atoms with van der Waals surface area (Å²) in [5.74, 6) is 0. The fourth-order valence-electron chi connectivity index (χ4n) is 3.28. The lowest BCUT2D eigenvalue weighted by Crippen LogP contribution is -2.40. The fourth-order valence-corrected chi connectivity index (χ4v) is 3.28. The van der Waals surface area contributed by atoms with Crippen LogP contribution in [0.25, 0.3) is 0 Å². The Morgan fingerprint density at radius 1 is 1.33 bits per heavy atom. The zero-order chi connectivity index (χ0) is 15.1. The van der Waals surface area contributed by atoms with Crippen molar-refractivity contribution >= 4 is 0 Å². The zero-order valence-corrected chi connectivity index (χ0v) is 14.0. The van der Waals surface area contributed by atoms with Gasteiger partial charge in [-0.3, -0.25) is 4.68 Å². The molecule has 1 aromatic rings. The van der Waals surface area contributed by atoms with Gasteiger partial charge in [-0.25, -0.2) is 0 Å². The van der Waals surface area contributed by atoms with E-state index in [1.165, 1.54) is 44.2 Å². The Hall–Kier alpha value is -0.870. The summed E-state index contributed by atoms with van der Waals surface area (Å²) in [6, 6.07) is 3.35. The zero-order valence-electron chi connectivity index (χ0n) is 14.0. The first-order valence-electron chi connectivity index (χ1n) is 8.61. The van der Waals surface area contributed by atoms with E-state index in [2.05, 4.69) is 48.2 Å². The van der Waals surface area contributed by atoms with E-state index >= 15 is 0 Å². The number of nitrogens with zero attached hydrogens (tertiary/aromatic N) is 3. The highest BCUT2D eigenvalue weighted by atomic mass is 15.3. The summed E-state index contributed by atoms with van der Waals surface area (Å²) in [5.41, 5.74) is 1.23. The molecule has 0 radical (unpaired) electrons. The van der Waals surface area contributed by atoms with E-state index < -0.39 is 0 Å². The quantitative estimate of drug-likeness (QED) is 0.800. The van der Waals surface area contributed by atoms with Crippen molar-refractivity contribution in [2.45, 2.75) is 64.0 Å². The normalized spacial score (nSPS) is 18.3. The standard InChI is InChI=1S/C17H32N4/c1-4-11-18-16(14-20(2)3)13-15-10-12-21(19-15)17-8-6-5-7-9-17/h10,12,16-18H,4-9,11,13-14H2,1-3H3. The van der Waals surface area contributed by atoms with Crippen LogP contribution in [0.5, 0.6) is 0 Å². The first-order valence-corrected chi connectivity index (χ1v) is 8.61. The molecule has 0 bridgehead atoms. The van der Waals surface area contributed by atoms with Crippen molar-refractivity contribution in [2.75, 3.05) is 27.2 Å². The minimum Gasteiger partial charge on any atom is -0.312 e. The molecular formula is C17H32N4. The number of rotatable bonds is 8. The molecule has 1 atom stereocenters. The number of hydrogen-bond donors (Lipinski definition) is 1. The molecule has 2 rings (SSSR count). The van der Waals surface area contributed by atoms with Gasteiger partial charge in [0.2, 0.25) is 0 Å². The fraction of sp³-hybridized carbons (Fsp3) is 0.824. The lowest BCUT2D eigenvalue weighted by Gasteiger charge is -2.23. The highest BCUT2D eigenvalue weighted by molar-refractivity contribution is 5.03. The van der Waals surface area contributed by atoms with Gasteiger partial charge in [0.1, 0.15) is 0 Å². The van der Waals surface area contributed by atoms with Gasteiger partial charge in [0.05, 0.1) is 11.7 Å². The van der Waals surface area contributed by atoms with Crippen LogP contribution in [-0.4, -0.2) is 47.9 Å². The van der Waals surface area contributed by atoms with E-state index in [0.29, 0.717) is 12.1 Å². The van der Waals surface area contributed by atoms with E-state index in [9.17, 15) is 0 Å². The molecule has 120 valence electrons. The molecule has 1 N–H and O–H groups in total. The largest absolute Gasteiger partial charge is 0.312 e. The van der Waals surface area contributed by atoms with Crippen molar-refractivity contribution in [3.8, 4) is 0 Å². The summed E-state index contributed by atoms with van der Waals surface area (Å²) in [7, 11) is 4.28. The first kappa shape index (κ1) is 16.5. The topological polar surface area (TPSA) is 33.1 Å². The van der Waals surface area contributed by atoms with Crippen molar-refractivity contribution < 1.29 is 0 Å². The highest BCUT2D eigenvalue weighted by Gasteiger charge is 2.17. The van der Waals surface area contributed by atoms with Crippen LogP contribution < -0.4 is 5.32 Å². The Kier molecular flexibility index (Phi) is 6.71.